The zero-order valence-corrected chi connectivity index (χ0v) is 14.0. The summed E-state index contributed by atoms with van der Waals surface area (Å²) in [5, 5.41) is 8.89. The lowest BCUT2D eigenvalue weighted by molar-refractivity contribution is -0.115. The second-order valence-corrected chi connectivity index (χ2v) is 6.48. The molecule has 0 saturated carbocycles. The van der Waals surface area contributed by atoms with Crippen molar-refractivity contribution >= 4 is 23.4 Å². The standard InChI is InChI=1S/C17H14F2N4OS/c1-10(16(24)20-14-9-5-4-8-13(14)19)25-17-21-15(22-23-17)11-6-2-3-7-12(11)18/h2-10H,1H3,(H,20,24)(H,21,22,23)/t10-/m1/s1. The number of carbonyl (C=O) groups is 1. The number of rotatable bonds is 5. The number of halogens is 2. The van der Waals surface area contributed by atoms with Crippen LogP contribution < -0.4 is 5.32 Å². The molecule has 3 rings (SSSR count). The smallest absolute Gasteiger partial charge is 0.237 e. The van der Waals surface area contributed by atoms with E-state index in [0.29, 0.717) is 10.7 Å². The Morgan fingerprint density at radius 2 is 1.80 bits per heavy atom. The average molecular weight is 360 g/mol. The van der Waals surface area contributed by atoms with E-state index in [1.54, 1.807) is 37.3 Å². The summed E-state index contributed by atoms with van der Waals surface area (Å²) < 4.78 is 27.3. The Bertz CT molecular complexity index is 900. The van der Waals surface area contributed by atoms with Crippen LogP contribution in [0, 0.1) is 11.6 Å². The van der Waals surface area contributed by atoms with Crippen LogP contribution in [0.4, 0.5) is 14.5 Å². The predicted molar refractivity (Wildman–Crippen MR) is 92.1 cm³/mol. The van der Waals surface area contributed by atoms with Crippen molar-refractivity contribution in [2.75, 3.05) is 5.32 Å². The maximum Gasteiger partial charge on any atom is 0.237 e. The van der Waals surface area contributed by atoms with Crippen LogP contribution in [0.5, 0.6) is 0 Å². The zero-order valence-electron chi connectivity index (χ0n) is 13.2. The molecule has 128 valence electrons. The molecule has 1 amide bonds. The number of benzene rings is 2. The van der Waals surface area contributed by atoms with Gasteiger partial charge in [0, 0.05) is 0 Å². The van der Waals surface area contributed by atoms with E-state index >= 15 is 0 Å². The van der Waals surface area contributed by atoms with Gasteiger partial charge in [0.1, 0.15) is 11.6 Å². The first-order chi connectivity index (χ1) is 12.0. The van der Waals surface area contributed by atoms with Gasteiger partial charge in [0.15, 0.2) is 5.82 Å². The van der Waals surface area contributed by atoms with E-state index in [2.05, 4.69) is 20.5 Å². The predicted octanol–water partition coefficient (Wildman–Crippen LogP) is 3.87. The van der Waals surface area contributed by atoms with Crippen molar-refractivity contribution in [2.45, 2.75) is 17.3 Å². The molecule has 0 fully saturated rings. The van der Waals surface area contributed by atoms with Gasteiger partial charge in [0.25, 0.3) is 0 Å². The zero-order chi connectivity index (χ0) is 17.8. The molecular weight excluding hydrogens is 346 g/mol. The fourth-order valence-corrected chi connectivity index (χ4v) is 2.81. The summed E-state index contributed by atoms with van der Waals surface area (Å²) in [6.45, 7) is 1.65. The molecule has 0 bridgehead atoms. The molecule has 8 heteroatoms. The fourth-order valence-electron chi connectivity index (χ4n) is 2.08. The highest BCUT2D eigenvalue weighted by atomic mass is 32.2. The van der Waals surface area contributed by atoms with Gasteiger partial charge in [-0.2, -0.15) is 0 Å². The van der Waals surface area contributed by atoms with Gasteiger partial charge in [-0.05, 0) is 31.2 Å². The molecule has 0 unspecified atom stereocenters. The first-order valence-electron chi connectivity index (χ1n) is 7.44. The number of thioether (sulfide) groups is 1. The summed E-state index contributed by atoms with van der Waals surface area (Å²) in [4.78, 5) is 16.4. The normalized spacial score (nSPS) is 12.0. The Morgan fingerprint density at radius 1 is 1.12 bits per heavy atom. The van der Waals surface area contributed by atoms with Crippen LogP contribution in [0.25, 0.3) is 11.4 Å². The minimum absolute atomic E-state index is 0.113. The second-order valence-electron chi connectivity index (χ2n) is 5.18. The Morgan fingerprint density at radius 3 is 2.52 bits per heavy atom. The third-order valence-electron chi connectivity index (χ3n) is 3.38. The van der Waals surface area contributed by atoms with Gasteiger partial charge < -0.3 is 5.32 Å². The lowest BCUT2D eigenvalue weighted by Crippen LogP contribution is -2.23. The largest absolute Gasteiger partial charge is 0.323 e. The summed E-state index contributed by atoms with van der Waals surface area (Å²) in [5.74, 6) is -1.03. The van der Waals surface area contributed by atoms with Gasteiger partial charge in [-0.15, -0.1) is 5.10 Å². The summed E-state index contributed by atoms with van der Waals surface area (Å²) in [5.41, 5.74) is 0.410. The summed E-state index contributed by atoms with van der Waals surface area (Å²) >= 11 is 1.09. The summed E-state index contributed by atoms with van der Waals surface area (Å²) in [6, 6.07) is 12.1. The number of anilines is 1. The van der Waals surface area contributed by atoms with Gasteiger partial charge in [0.05, 0.1) is 16.5 Å². The molecule has 0 radical (unpaired) electrons. The number of para-hydroxylation sites is 1. The first kappa shape index (κ1) is 17.1. The van der Waals surface area contributed by atoms with E-state index < -0.39 is 16.9 Å². The highest BCUT2D eigenvalue weighted by molar-refractivity contribution is 8.00. The maximum absolute atomic E-state index is 13.8. The Labute approximate surface area is 146 Å². The van der Waals surface area contributed by atoms with Crippen molar-refractivity contribution in [1.82, 2.24) is 15.2 Å². The van der Waals surface area contributed by atoms with E-state index in [-0.39, 0.29) is 17.4 Å². The number of carbonyl (C=O) groups excluding carboxylic acids is 1. The van der Waals surface area contributed by atoms with Crippen molar-refractivity contribution in [3.05, 3.63) is 60.2 Å². The number of aromatic amines is 1. The van der Waals surface area contributed by atoms with Gasteiger partial charge >= 0.3 is 0 Å². The monoisotopic (exact) mass is 360 g/mol. The minimum atomic E-state index is -0.566. The topological polar surface area (TPSA) is 70.7 Å². The molecule has 0 spiro atoms. The number of hydrogen-bond acceptors (Lipinski definition) is 4. The summed E-state index contributed by atoms with van der Waals surface area (Å²) in [6.07, 6.45) is 0. The average Bonchev–Trinajstić information content (AvgIpc) is 3.05. The molecule has 1 aromatic heterocycles. The molecule has 2 aromatic carbocycles. The Hall–Kier alpha value is -2.74. The summed E-state index contributed by atoms with van der Waals surface area (Å²) in [7, 11) is 0. The van der Waals surface area contributed by atoms with Crippen LogP contribution in [0.2, 0.25) is 0 Å². The van der Waals surface area contributed by atoms with Crippen LogP contribution in [0.3, 0.4) is 0 Å². The fraction of sp³-hybridized carbons (Fsp3) is 0.118. The van der Waals surface area contributed by atoms with Crippen LogP contribution in [-0.4, -0.2) is 26.3 Å². The van der Waals surface area contributed by atoms with Crippen molar-refractivity contribution < 1.29 is 13.6 Å². The van der Waals surface area contributed by atoms with Crippen LogP contribution >= 0.6 is 11.8 Å². The number of H-pyrrole nitrogens is 1. The van der Waals surface area contributed by atoms with E-state index in [1.807, 2.05) is 0 Å². The molecule has 5 nitrogen and oxygen atoms in total. The number of amides is 1. The van der Waals surface area contributed by atoms with Gasteiger partial charge in [-0.1, -0.05) is 36.0 Å². The van der Waals surface area contributed by atoms with Crippen molar-refractivity contribution in [1.29, 1.82) is 0 Å². The first-order valence-corrected chi connectivity index (χ1v) is 8.32. The van der Waals surface area contributed by atoms with Gasteiger partial charge in [-0.25, -0.2) is 13.8 Å². The van der Waals surface area contributed by atoms with E-state index in [0.717, 1.165) is 11.8 Å². The minimum Gasteiger partial charge on any atom is -0.323 e. The Balaban J connectivity index is 1.67. The number of aromatic nitrogens is 3. The molecule has 0 aliphatic carbocycles. The molecule has 1 heterocycles. The molecule has 25 heavy (non-hydrogen) atoms. The second kappa shape index (κ2) is 7.43. The van der Waals surface area contributed by atoms with Crippen LogP contribution in [0.1, 0.15) is 6.92 Å². The quantitative estimate of drug-likeness (QED) is 0.678. The van der Waals surface area contributed by atoms with E-state index in [4.69, 9.17) is 0 Å². The molecule has 0 aliphatic heterocycles. The highest BCUT2D eigenvalue weighted by Gasteiger charge is 2.19. The van der Waals surface area contributed by atoms with Gasteiger partial charge in [-0.3, -0.25) is 9.89 Å². The van der Waals surface area contributed by atoms with E-state index in [9.17, 15) is 13.6 Å². The lowest BCUT2D eigenvalue weighted by Gasteiger charge is -2.10. The van der Waals surface area contributed by atoms with Crippen molar-refractivity contribution in [3.63, 3.8) is 0 Å². The van der Waals surface area contributed by atoms with Gasteiger partial charge in [0.2, 0.25) is 11.1 Å². The lowest BCUT2D eigenvalue weighted by atomic mass is 10.2. The molecule has 2 N–H and O–H groups in total. The highest BCUT2D eigenvalue weighted by Crippen LogP contribution is 2.25. The molecule has 0 aliphatic rings. The number of hydrogen-bond donors (Lipinski definition) is 2. The molecule has 0 saturated heterocycles. The maximum atomic E-state index is 13.8. The van der Waals surface area contributed by atoms with Crippen molar-refractivity contribution in [3.8, 4) is 11.4 Å². The molecule has 1 atom stereocenters. The van der Waals surface area contributed by atoms with Crippen LogP contribution in [-0.2, 0) is 4.79 Å². The van der Waals surface area contributed by atoms with Crippen molar-refractivity contribution in [2.24, 2.45) is 0 Å². The third kappa shape index (κ3) is 4.03. The number of nitrogens with zero attached hydrogens (tertiary/aromatic N) is 2. The van der Waals surface area contributed by atoms with E-state index in [1.165, 1.54) is 18.2 Å². The Kier molecular flexibility index (Phi) is 5.08. The van der Waals surface area contributed by atoms with Crippen LogP contribution in [0.15, 0.2) is 53.7 Å². The number of nitrogens with one attached hydrogen (secondary N) is 2. The molecular formula is C17H14F2N4OS. The molecule has 3 aromatic rings. The SMILES string of the molecule is C[C@@H](Sc1n[nH]c(-c2ccccc2F)n1)C(=O)Nc1ccccc1F. The third-order valence-corrected chi connectivity index (χ3v) is 4.34.